The standard InChI is InChI=1S/C18H17ClN2O/c1-12-16(10-13-6-4-3-5-7-13)21-18(20-12)15-9-8-14(19)11-17(15)22-2/h3-9,11H,10H2,1-2H3,(H,20,21). The van der Waals surface area contributed by atoms with Crippen LogP contribution in [0.2, 0.25) is 5.02 Å². The summed E-state index contributed by atoms with van der Waals surface area (Å²) in [5, 5.41) is 0.647. The molecule has 4 heteroatoms. The molecule has 1 N–H and O–H groups in total. The van der Waals surface area contributed by atoms with Gasteiger partial charge >= 0.3 is 0 Å². The Bertz CT molecular complexity index is 781. The molecule has 2 aromatic carbocycles. The highest BCUT2D eigenvalue weighted by Gasteiger charge is 2.13. The molecule has 0 atom stereocenters. The lowest BCUT2D eigenvalue weighted by Gasteiger charge is -2.06. The number of aryl methyl sites for hydroxylation is 1. The van der Waals surface area contributed by atoms with Crippen LogP contribution in [-0.4, -0.2) is 17.1 Å². The van der Waals surface area contributed by atoms with E-state index in [1.807, 2.05) is 37.3 Å². The summed E-state index contributed by atoms with van der Waals surface area (Å²) in [6.45, 7) is 2.04. The Hall–Kier alpha value is -2.26. The highest BCUT2D eigenvalue weighted by Crippen LogP contribution is 2.31. The van der Waals surface area contributed by atoms with Crippen molar-refractivity contribution in [1.82, 2.24) is 9.97 Å². The summed E-state index contributed by atoms with van der Waals surface area (Å²) < 4.78 is 5.40. The molecule has 0 saturated heterocycles. The molecule has 112 valence electrons. The number of rotatable bonds is 4. The van der Waals surface area contributed by atoms with Gasteiger partial charge in [-0.25, -0.2) is 4.98 Å². The van der Waals surface area contributed by atoms with Crippen LogP contribution in [0.25, 0.3) is 11.4 Å². The van der Waals surface area contributed by atoms with E-state index in [-0.39, 0.29) is 0 Å². The lowest BCUT2D eigenvalue weighted by atomic mass is 10.1. The van der Waals surface area contributed by atoms with E-state index in [1.165, 1.54) is 5.56 Å². The van der Waals surface area contributed by atoms with Gasteiger partial charge in [-0.05, 0) is 30.7 Å². The largest absolute Gasteiger partial charge is 0.496 e. The predicted octanol–water partition coefficient (Wildman–Crippen LogP) is 4.64. The van der Waals surface area contributed by atoms with Gasteiger partial charge in [-0.3, -0.25) is 0 Å². The van der Waals surface area contributed by atoms with E-state index in [1.54, 1.807) is 13.2 Å². The quantitative estimate of drug-likeness (QED) is 0.762. The van der Waals surface area contributed by atoms with Crippen LogP contribution in [0.15, 0.2) is 48.5 Å². The number of aromatic nitrogens is 2. The van der Waals surface area contributed by atoms with Gasteiger partial charge in [-0.1, -0.05) is 41.9 Å². The topological polar surface area (TPSA) is 37.9 Å². The normalized spacial score (nSPS) is 10.7. The average Bonchev–Trinajstić information content (AvgIpc) is 2.89. The maximum Gasteiger partial charge on any atom is 0.141 e. The molecular formula is C18H17ClN2O. The molecule has 1 heterocycles. The van der Waals surface area contributed by atoms with E-state index in [9.17, 15) is 0 Å². The van der Waals surface area contributed by atoms with Crippen molar-refractivity contribution in [3.05, 3.63) is 70.5 Å². The molecule has 0 saturated carbocycles. The smallest absolute Gasteiger partial charge is 0.141 e. The summed E-state index contributed by atoms with van der Waals surface area (Å²) in [7, 11) is 1.63. The fourth-order valence-corrected chi connectivity index (χ4v) is 2.61. The molecule has 0 fully saturated rings. The van der Waals surface area contributed by atoms with Gasteiger partial charge in [0.2, 0.25) is 0 Å². The second kappa shape index (κ2) is 6.24. The molecule has 3 nitrogen and oxygen atoms in total. The second-order valence-corrected chi connectivity index (χ2v) is 5.60. The lowest BCUT2D eigenvalue weighted by molar-refractivity contribution is 0.416. The van der Waals surface area contributed by atoms with Crippen LogP contribution in [0, 0.1) is 6.92 Å². The number of nitrogens with zero attached hydrogens (tertiary/aromatic N) is 1. The summed E-state index contributed by atoms with van der Waals surface area (Å²) in [6.07, 6.45) is 0.805. The minimum Gasteiger partial charge on any atom is -0.496 e. The molecule has 1 aromatic heterocycles. The number of hydrogen-bond donors (Lipinski definition) is 1. The number of aromatic amines is 1. The zero-order valence-corrected chi connectivity index (χ0v) is 13.3. The maximum atomic E-state index is 6.02. The highest BCUT2D eigenvalue weighted by atomic mass is 35.5. The summed E-state index contributed by atoms with van der Waals surface area (Å²) in [5.41, 5.74) is 4.26. The third kappa shape index (κ3) is 3.00. The van der Waals surface area contributed by atoms with Crippen molar-refractivity contribution in [2.45, 2.75) is 13.3 Å². The summed E-state index contributed by atoms with van der Waals surface area (Å²) >= 11 is 6.02. The van der Waals surface area contributed by atoms with Gasteiger partial charge in [-0.2, -0.15) is 0 Å². The van der Waals surface area contributed by atoms with Crippen LogP contribution in [-0.2, 0) is 6.42 Å². The molecule has 0 aliphatic carbocycles. The van der Waals surface area contributed by atoms with E-state index >= 15 is 0 Å². The Balaban J connectivity index is 1.95. The fraction of sp³-hybridized carbons (Fsp3) is 0.167. The number of methoxy groups -OCH3 is 1. The first kappa shape index (κ1) is 14.7. The zero-order valence-electron chi connectivity index (χ0n) is 12.6. The van der Waals surface area contributed by atoms with E-state index in [0.29, 0.717) is 10.8 Å². The molecule has 0 bridgehead atoms. The molecular weight excluding hydrogens is 296 g/mol. The van der Waals surface area contributed by atoms with Gasteiger partial charge in [0.25, 0.3) is 0 Å². The Morgan fingerprint density at radius 1 is 1.14 bits per heavy atom. The van der Waals surface area contributed by atoms with Gasteiger partial charge in [-0.15, -0.1) is 0 Å². The molecule has 3 aromatic rings. The van der Waals surface area contributed by atoms with Crippen LogP contribution < -0.4 is 4.74 Å². The second-order valence-electron chi connectivity index (χ2n) is 5.16. The molecule has 0 spiro atoms. The maximum absolute atomic E-state index is 6.02. The first-order valence-electron chi connectivity index (χ1n) is 7.10. The van der Waals surface area contributed by atoms with E-state index in [2.05, 4.69) is 17.1 Å². The zero-order chi connectivity index (χ0) is 15.5. The monoisotopic (exact) mass is 312 g/mol. The number of nitrogens with one attached hydrogen (secondary N) is 1. The van der Waals surface area contributed by atoms with Crippen molar-refractivity contribution < 1.29 is 4.74 Å². The third-order valence-electron chi connectivity index (χ3n) is 3.62. The van der Waals surface area contributed by atoms with Crippen molar-refractivity contribution in [2.24, 2.45) is 0 Å². The van der Waals surface area contributed by atoms with Gasteiger partial charge in [0, 0.05) is 17.1 Å². The molecule has 0 unspecified atom stereocenters. The van der Waals surface area contributed by atoms with Gasteiger partial charge in [0.15, 0.2) is 0 Å². The average molecular weight is 313 g/mol. The molecule has 0 aliphatic rings. The number of ether oxygens (including phenoxy) is 1. The molecule has 3 rings (SSSR count). The molecule has 0 radical (unpaired) electrons. The fourth-order valence-electron chi connectivity index (χ4n) is 2.45. The SMILES string of the molecule is COc1cc(Cl)ccc1-c1nc(Cc2ccccc2)c(C)[nH]1. The minimum atomic E-state index is 0.647. The summed E-state index contributed by atoms with van der Waals surface area (Å²) in [6, 6.07) is 15.9. The van der Waals surface area contributed by atoms with Gasteiger partial charge in [0.05, 0.1) is 18.4 Å². The molecule has 0 amide bonds. The van der Waals surface area contributed by atoms with Gasteiger partial charge < -0.3 is 9.72 Å². The van der Waals surface area contributed by atoms with Crippen molar-refractivity contribution >= 4 is 11.6 Å². The van der Waals surface area contributed by atoms with E-state index in [4.69, 9.17) is 21.3 Å². The van der Waals surface area contributed by atoms with Crippen molar-refractivity contribution in [3.63, 3.8) is 0 Å². The third-order valence-corrected chi connectivity index (χ3v) is 3.85. The summed E-state index contributed by atoms with van der Waals surface area (Å²) in [5.74, 6) is 1.52. The van der Waals surface area contributed by atoms with E-state index < -0.39 is 0 Å². The number of imidazole rings is 1. The first-order valence-corrected chi connectivity index (χ1v) is 7.48. The Kier molecular flexibility index (Phi) is 4.16. The Labute approximate surface area is 134 Å². The van der Waals surface area contributed by atoms with Crippen LogP contribution in [0.3, 0.4) is 0 Å². The van der Waals surface area contributed by atoms with Crippen LogP contribution in [0.5, 0.6) is 5.75 Å². The Morgan fingerprint density at radius 2 is 1.91 bits per heavy atom. The van der Waals surface area contributed by atoms with Crippen molar-refractivity contribution in [3.8, 4) is 17.1 Å². The highest BCUT2D eigenvalue weighted by molar-refractivity contribution is 6.30. The van der Waals surface area contributed by atoms with Crippen LogP contribution in [0.1, 0.15) is 17.0 Å². The number of halogens is 1. The Morgan fingerprint density at radius 3 is 2.64 bits per heavy atom. The van der Waals surface area contributed by atoms with Crippen LogP contribution in [0.4, 0.5) is 0 Å². The predicted molar refractivity (Wildman–Crippen MR) is 89.6 cm³/mol. The number of hydrogen-bond acceptors (Lipinski definition) is 2. The number of benzene rings is 2. The molecule has 0 aliphatic heterocycles. The molecule has 22 heavy (non-hydrogen) atoms. The summed E-state index contributed by atoms with van der Waals surface area (Å²) in [4.78, 5) is 8.08. The minimum absolute atomic E-state index is 0.647. The number of H-pyrrole nitrogens is 1. The van der Waals surface area contributed by atoms with Crippen molar-refractivity contribution in [1.29, 1.82) is 0 Å². The van der Waals surface area contributed by atoms with Crippen molar-refractivity contribution in [2.75, 3.05) is 7.11 Å². The first-order chi connectivity index (χ1) is 10.7. The van der Waals surface area contributed by atoms with E-state index in [0.717, 1.165) is 29.2 Å². The van der Waals surface area contributed by atoms with Gasteiger partial charge in [0.1, 0.15) is 11.6 Å². The van der Waals surface area contributed by atoms with Crippen LogP contribution >= 0.6 is 11.6 Å². The lowest BCUT2D eigenvalue weighted by Crippen LogP contribution is -1.91.